The molecule has 0 spiro atoms. The van der Waals surface area contributed by atoms with Gasteiger partial charge in [-0.25, -0.2) is 0 Å². The summed E-state index contributed by atoms with van der Waals surface area (Å²) in [5.74, 6) is -1.78. The molecule has 3 rings (SSSR count). The molecule has 1 aliphatic heterocycles. The minimum absolute atomic E-state index is 0.0348. The van der Waals surface area contributed by atoms with Crippen LogP contribution >= 0.6 is 0 Å². The molecule has 1 atom stereocenters. The number of nitro groups is 1. The first-order chi connectivity index (χ1) is 14.0. The third-order valence-corrected chi connectivity index (χ3v) is 4.75. The Balaban J connectivity index is 2.10. The summed E-state index contributed by atoms with van der Waals surface area (Å²) >= 11 is 0. The lowest BCUT2D eigenvalue weighted by atomic mass is 9.95. The molecule has 0 aliphatic carbocycles. The van der Waals surface area contributed by atoms with Crippen molar-refractivity contribution in [3.63, 3.8) is 0 Å². The van der Waals surface area contributed by atoms with Crippen molar-refractivity contribution in [3.05, 3.63) is 81.4 Å². The second-order valence-corrected chi connectivity index (χ2v) is 6.55. The zero-order valence-corrected chi connectivity index (χ0v) is 15.8. The van der Waals surface area contributed by atoms with E-state index in [0.29, 0.717) is 24.2 Å². The second kappa shape index (κ2) is 8.66. The number of nitrogens with zero attached hydrogens (tertiary/aromatic N) is 2. The number of aliphatic hydroxyl groups is 1. The third kappa shape index (κ3) is 4.02. The quantitative estimate of drug-likeness (QED) is 0.192. The van der Waals surface area contributed by atoms with E-state index in [1.807, 2.05) is 0 Å². The first-order valence-corrected chi connectivity index (χ1v) is 9.02. The lowest BCUT2D eigenvalue weighted by molar-refractivity contribution is -0.384. The van der Waals surface area contributed by atoms with E-state index in [0.717, 1.165) is 0 Å². The summed E-state index contributed by atoms with van der Waals surface area (Å²) in [6, 6.07) is 13.3. The van der Waals surface area contributed by atoms with Gasteiger partial charge in [0.25, 0.3) is 17.4 Å². The molecule has 0 saturated carbocycles. The largest absolute Gasteiger partial charge is 0.507 e. The van der Waals surface area contributed by atoms with E-state index >= 15 is 0 Å². The van der Waals surface area contributed by atoms with Crippen LogP contribution in [-0.2, 0) is 14.3 Å². The number of non-ortho nitro benzene ring substituents is 1. The summed E-state index contributed by atoms with van der Waals surface area (Å²) in [6.07, 6.45) is 0.498. The zero-order valence-electron chi connectivity index (χ0n) is 15.8. The number of aliphatic hydroxyl groups excluding tert-OH is 1. The lowest BCUT2D eigenvalue weighted by Gasteiger charge is -2.25. The van der Waals surface area contributed by atoms with Crippen LogP contribution in [0.15, 0.2) is 60.2 Å². The van der Waals surface area contributed by atoms with Gasteiger partial charge in [-0.15, -0.1) is 0 Å². The van der Waals surface area contributed by atoms with Gasteiger partial charge in [0.15, 0.2) is 0 Å². The first kappa shape index (κ1) is 20.2. The molecule has 1 aliphatic rings. The van der Waals surface area contributed by atoms with Crippen LogP contribution in [-0.4, -0.2) is 46.9 Å². The van der Waals surface area contributed by atoms with Crippen LogP contribution < -0.4 is 0 Å². The molecule has 0 aromatic heterocycles. The number of carbonyl (C=O) groups excluding carboxylic acids is 2. The average molecular weight is 396 g/mol. The molecule has 1 fully saturated rings. The molecule has 1 unspecified atom stereocenters. The molecule has 0 radical (unpaired) electrons. The summed E-state index contributed by atoms with van der Waals surface area (Å²) in [4.78, 5) is 37.3. The van der Waals surface area contributed by atoms with Gasteiger partial charge in [-0.3, -0.25) is 19.7 Å². The standard InChI is InChI=1S/C21H20N2O6/c1-29-13-5-12-22-18(14-8-10-16(11-9-14)23(27)28)17(20(25)21(22)26)19(24)15-6-3-2-4-7-15/h2-4,6-11,18,24H,5,12-13H2,1H3. The van der Waals surface area contributed by atoms with Gasteiger partial charge >= 0.3 is 0 Å². The number of hydrogen-bond acceptors (Lipinski definition) is 6. The van der Waals surface area contributed by atoms with Crippen LogP contribution in [0.25, 0.3) is 5.76 Å². The molecule has 8 nitrogen and oxygen atoms in total. The van der Waals surface area contributed by atoms with Crippen LogP contribution in [0.1, 0.15) is 23.6 Å². The predicted molar refractivity (Wildman–Crippen MR) is 105 cm³/mol. The number of likely N-dealkylation sites (tertiary alicyclic amines) is 1. The predicted octanol–water partition coefficient (Wildman–Crippen LogP) is 3.05. The Bertz CT molecular complexity index is 953. The van der Waals surface area contributed by atoms with E-state index in [4.69, 9.17) is 4.74 Å². The molecule has 29 heavy (non-hydrogen) atoms. The van der Waals surface area contributed by atoms with E-state index < -0.39 is 22.7 Å². The molecular weight excluding hydrogens is 376 g/mol. The van der Waals surface area contributed by atoms with E-state index in [2.05, 4.69) is 0 Å². The number of ketones is 1. The maximum absolute atomic E-state index is 12.8. The highest BCUT2D eigenvalue weighted by Crippen LogP contribution is 2.39. The molecule has 1 heterocycles. The normalized spacial score (nSPS) is 18.2. The number of ether oxygens (including phenoxy) is 1. The highest BCUT2D eigenvalue weighted by Gasteiger charge is 2.45. The van der Waals surface area contributed by atoms with E-state index in [1.54, 1.807) is 30.3 Å². The van der Waals surface area contributed by atoms with Crippen molar-refractivity contribution in [2.24, 2.45) is 0 Å². The van der Waals surface area contributed by atoms with Crippen LogP contribution in [0.3, 0.4) is 0 Å². The minimum atomic E-state index is -0.840. The fraction of sp³-hybridized carbons (Fsp3) is 0.238. The Kier molecular flexibility index (Phi) is 6.04. The summed E-state index contributed by atoms with van der Waals surface area (Å²) in [5, 5.41) is 21.8. The first-order valence-electron chi connectivity index (χ1n) is 9.02. The maximum Gasteiger partial charge on any atom is 0.295 e. The van der Waals surface area contributed by atoms with Crippen molar-refractivity contribution >= 4 is 23.1 Å². The Hall–Kier alpha value is -3.52. The van der Waals surface area contributed by atoms with Gasteiger partial charge in [0.2, 0.25) is 0 Å². The van der Waals surface area contributed by atoms with Gasteiger partial charge in [-0.2, -0.15) is 0 Å². The molecule has 1 saturated heterocycles. The summed E-state index contributed by atoms with van der Waals surface area (Å²) in [7, 11) is 1.54. The number of hydrogen-bond donors (Lipinski definition) is 1. The fourth-order valence-corrected chi connectivity index (χ4v) is 3.37. The number of amides is 1. The monoisotopic (exact) mass is 396 g/mol. The molecule has 8 heteroatoms. The van der Waals surface area contributed by atoms with Crippen LogP contribution in [0.5, 0.6) is 0 Å². The summed E-state index contributed by atoms with van der Waals surface area (Å²) in [6.45, 7) is 0.639. The van der Waals surface area contributed by atoms with Crippen molar-refractivity contribution in [2.45, 2.75) is 12.5 Å². The van der Waals surface area contributed by atoms with E-state index in [-0.39, 0.29) is 23.6 Å². The highest BCUT2D eigenvalue weighted by atomic mass is 16.6. The van der Waals surface area contributed by atoms with Gasteiger partial charge in [0, 0.05) is 38.0 Å². The van der Waals surface area contributed by atoms with Crippen molar-refractivity contribution in [1.29, 1.82) is 0 Å². The second-order valence-electron chi connectivity index (χ2n) is 6.55. The van der Waals surface area contributed by atoms with Crippen molar-refractivity contribution in [2.75, 3.05) is 20.3 Å². The van der Waals surface area contributed by atoms with E-state index in [9.17, 15) is 24.8 Å². The Morgan fingerprint density at radius 2 is 1.79 bits per heavy atom. The van der Waals surface area contributed by atoms with Gasteiger partial charge in [-0.05, 0) is 24.1 Å². The van der Waals surface area contributed by atoms with Crippen molar-refractivity contribution < 1.29 is 24.4 Å². The van der Waals surface area contributed by atoms with Gasteiger partial charge < -0.3 is 14.7 Å². The lowest BCUT2D eigenvalue weighted by Crippen LogP contribution is -2.31. The molecule has 1 N–H and O–H groups in total. The van der Waals surface area contributed by atoms with Crippen molar-refractivity contribution in [3.8, 4) is 0 Å². The number of benzene rings is 2. The molecule has 150 valence electrons. The Morgan fingerprint density at radius 1 is 1.14 bits per heavy atom. The number of rotatable bonds is 7. The molecule has 2 aromatic carbocycles. The van der Waals surface area contributed by atoms with Gasteiger partial charge in [0.1, 0.15) is 5.76 Å². The Morgan fingerprint density at radius 3 is 2.38 bits per heavy atom. The Labute approximate surface area is 167 Å². The maximum atomic E-state index is 12.8. The van der Waals surface area contributed by atoms with Crippen LogP contribution in [0.2, 0.25) is 0 Å². The SMILES string of the molecule is COCCCN1C(=O)C(=O)C(=C(O)c2ccccc2)C1c1ccc([N+](=O)[O-])cc1. The average Bonchev–Trinajstić information content (AvgIpc) is 2.99. The zero-order chi connectivity index (χ0) is 21.0. The van der Waals surface area contributed by atoms with E-state index in [1.165, 1.54) is 36.3 Å². The highest BCUT2D eigenvalue weighted by molar-refractivity contribution is 6.46. The molecular formula is C21H20N2O6. The van der Waals surface area contributed by atoms with Crippen molar-refractivity contribution in [1.82, 2.24) is 4.90 Å². The molecule has 1 amide bonds. The van der Waals surface area contributed by atoms with Crippen LogP contribution in [0.4, 0.5) is 5.69 Å². The summed E-state index contributed by atoms with van der Waals surface area (Å²) < 4.78 is 5.03. The number of methoxy groups -OCH3 is 1. The smallest absolute Gasteiger partial charge is 0.295 e. The van der Waals surface area contributed by atoms with Crippen LogP contribution in [0, 0.1) is 10.1 Å². The minimum Gasteiger partial charge on any atom is -0.507 e. The number of Topliss-reactive ketones (excluding diaryl/α,β-unsaturated/α-hetero) is 1. The number of nitro benzene ring substituents is 1. The summed E-state index contributed by atoms with van der Waals surface area (Å²) in [5.41, 5.74) is 0.777. The molecule has 2 aromatic rings. The fourth-order valence-electron chi connectivity index (χ4n) is 3.37. The van der Waals surface area contributed by atoms with Gasteiger partial charge in [-0.1, -0.05) is 30.3 Å². The molecule has 0 bridgehead atoms. The topological polar surface area (TPSA) is 110 Å². The number of carbonyl (C=O) groups is 2. The van der Waals surface area contributed by atoms with Gasteiger partial charge in [0.05, 0.1) is 16.5 Å². The third-order valence-electron chi connectivity index (χ3n) is 4.75.